The molecule has 2 amide bonds. The van der Waals surface area contributed by atoms with Gasteiger partial charge in [0.05, 0.1) is 6.20 Å². The fraction of sp³-hybridized carbons (Fsp3) is 0.421. The van der Waals surface area contributed by atoms with Crippen LogP contribution in [-0.2, 0) is 4.79 Å². The van der Waals surface area contributed by atoms with E-state index in [1.807, 2.05) is 5.32 Å². The highest BCUT2D eigenvalue weighted by Crippen LogP contribution is 2.30. The van der Waals surface area contributed by atoms with Crippen molar-refractivity contribution in [3.05, 3.63) is 35.3 Å². The van der Waals surface area contributed by atoms with Crippen LogP contribution in [0.1, 0.15) is 22.5 Å². The molecule has 3 saturated heterocycles. The second-order valence-electron chi connectivity index (χ2n) is 7.28. The predicted molar refractivity (Wildman–Crippen MR) is 103 cm³/mol. The Bertz CT molecular complexity index is 922. The third-order valence-electron chi connectivity index (χ3n) is 5.33. The number of carbonyl (C=O) groups is 2. The van der Waals surface area contributed by atoms with Crippen LogP contribution in [0.4, 0.5) is 18.9 Å². The normalized spacial score (nSPS) is 23.6. The minimum absolute atomic E-state index is 0.0123. The molecule has 2 aromatic rings. The van der Waals surface area contributed by atoms with E-state index in [0.717, 1.165) is 43.8 Å². The molecule has 0 saturated carbocycles. The van der Waals surface area contributed by atoms with Crippen molar-refractivity contribution in [2.75, 3.05) is 25.0 Å². The summed E-state index contributed by atoms with van der Waals surface area (Å²) in [5.74, 6) is -1.72. The molecule has 1 aromatic heterocycles. The Balaban J connectivity index is 1.44. The first kappa shape index (κ1) is 19.8. The van der Waals surface area contributed by atoms with Crippen LogP contribution in [-0.4, -0.2) is 53.6 Å². The maximum Gasteiger partial charge on any atom is 0.471 e. The van der Waals surface area contributed by atoms with Gasteiger partial charge in [-0.2, -0.15) is 13.2 Å². The number of anilines is 1. The van der Waals surface area contributed by atoms with Gasteiger partial charge in [-0.1, -0.05) is 12.1 Å². The van der Waals surface area contributed by atoms with Gasteiger partial charge >= 0.3 is 12.1 Å². The summed E-state index contributed by atoms with van der Waals surface area (Å²) in [4.78, 5) is 30.8. The molecule has 4 heterocycles. The molecule has 5 rings (SSSR count). The Hall–Kier alpha value is -2.46. The van der Waals surface area contributed by atoms with E-state index in [2.05, 4.69) is 15.2 Å². The number of fused-ring (bicyclic) bond motifs is 3. The fourth-order valence-electron chi connectivity index (χ4n) is 3.81. The molecule has 154 valence electrons. The molecule has 1 aromatic carbocycles. The summed E-state index contributed by atoms with van der Waals surface area (Å²) in [5.41, 5.74) is 0.537. The number of benzene rings is 1. The largest absolute Gasteiger partial charge is 0.471 e. The van der Waals surface area contributed by atoms with Gasteiger partial charge < -0.3 is 15.5 Å². The van der Waals surface area contributed by atoms with E-state index in [1.54, 1.807) is 6.07 Å². The lowest BCUT2D eigenvalue weighted by molar-refractivity contribution is -0.167. The monoisotopic (exact) mass is 424 g/mol. The zero-order valence-electron chi connectivity index (χ0n) is 15.3. The molecule has 0 spiro atoms. The van der Waals surface area contributed by atoms with E-state index < -0.39 is 12.1 Å². The van der Waals surface area contributed by atoms with Crippen molar-refractivity contribution in [1.29, 1.82) is 0 Å². The number of rotatable bonds is 4. The Morgan fingerprint density at radius 2 is 1.97 bits per heavy atom. The molecule has 2 bridgehead atoms. The first-order valence-electron chi connectivity index (χ1n) is 9.27. The maximum atomic E-state index is 12.6. The van der Waals surface area contributed by atoms with Crippen LogP contribution in [0.25, 0.3) is 10.6 Å². The van der Waals surface area contributed by atoms with E-state index in [9.17, 15) is 22.8 Å². The van der Waals surface area contributed by atoms with Gasteiger partial charge in [-0.05, 0) is 44.0 Å². The number of aromatic nitrogens is 1. The third kappa shape index (κ3) is 4.43. The summed E-state index contributed by atoms with van der Waals surface area (Å²) in [5, 5.41) is 5.41. The van der Waals surface area contributed by atoms with Crippen LogP contribution in [0.3, 0.4) is 0 Å². The molecule has 10 heteroatoms. The maximum absolute atomic E-state index is 12.6. The van der Waals surface area contributed by atoms with E-state index in [4.69, 9.17) is 0 Å². The minimum Gasteiger partial charge on any atom is -0.347 e. The number of thiazole rings is 1. The smallest absolute Gasteiger partial charge is 0.347 e. The van der Waals surface area contributed by atoms with Gasteiger partial charge in [-0.3, -0.25) is 9.59 Å². The van der Waals surface area contributed by atoms with E-state index in [0.29, 0.717) is 21.4 Å². The Kier molecular flexibility index (Phi) is 5.30. The number of alkyl halides is 3. The zero-order valence-corrected chi connectivity index (χ0v) is 16.1. The van der Waals surface area contributed by atoms with Crippen LogP contribution in [0.5, 0.6) is 0 Å². The highest BCUT2D eigenvalue weighted by Gasteiger charge is 2.38. The molecule has 2 N–H and O–H groups in total. The Labute approximate surface area is 169 Å². The quantitative estimate of drug-likeness (QED) is 0.791. The third-order valence-corrected chi connectivity index (χ3v) is 6.37. The highest BCUT2D eigenvalue weighted by molar-refractivity contribution is 7.16. The molecule has 0 aliphatic carbocycles. The summed E-state index contributed by atoms with van der Waals surface area (Å²) in [6, 6.07) is 6.09. The van der Waals surface area contributed by atoms with Gasteiger partial charge in [0.2, 0.25) is 0 Å². The molecule has 0 radical (unpaired) electrons. The number of piperidine rings is 3. The second kappa shape index (κ2) is 7.75. The number of hydrogen-bond donors (Lipinski definition) is 2. The lowest BCUT2D eigenvalue weighted by Crippen LogP contribution is -2.57. The lowest BCUT2D eigenvalue weighted by Gasteiger charge is -2.44. The number of carbonyl (C=O) groups excluding carboxylic acids is 2. The molecular weight excluding hydrogens is 405 g/mol. The van der Waals surface area contributed by atoms with Crippen molar-refractivity contribution >= 4 is 28.8 Å². The molecule has 1 atom stereocenters. The molecule has 3 aliphatic heterocycles. The molecule has 3 fully saturated rings. The standard InChI is InChI=1S/C19H19F3N4O2S/c20-19(21,22)18(28)24-13-3-1-2-12(8-13)17-23-9-15(29-17)16(27)25-14-10-26-6-4-11(14)5-7-26/h1-3,8-9,11,14H,4-7,10H2,(H,24,28)(H,25,27). The van der Waals surface area contributed by atoms with Crippen molar-refractivity contribution in [3.63, 3.8) is 0 Å². The summed E-state index contributed by atoms with van der Waals surface area (Å²) >= 11 is 1.16. The van der Waals surface area contributed by atoms with E-state index in [1.165, 1.54) is 24.4 Å². The van der Waals surface area contributed by atoms with Crippen LogP contribution in [0.15, 0.2) is 30.5 Å². The van der Waals surface area contributed by atoms with Gasteiger partial charge in [0.15, 0.2) is 0 Å². The van der Waals surface area contributed by atoms with Crippen molar-refractivity contribution in [2.45, 2.75) is 25.1 Å². The second-order valence-corrected chi connectivity index (χ2v) is 8.31. The Morgan fingerprint density at radius 3 is 2.62 bits per heavy atom. The van der Waals surface area contributed by atoms with E-state index in [-0.39, 0.29) is 17.6 Å². The minimum atomic E-state index is -4.96. The molecular formula is C19H19F3N4O2S. The zero-order chi connectivity index (χ0) is 20.6. The number of nitrogens with zero attached hydrogens (tertiary/aromatic N) is 2. The van der Waals surface area contributed by atoms with Crippen LogP contribution < -0.4 is 10.6 Å². The summed E-state index contributed by atoms with van der Waals surface area (Å²) in [6.45, 7) is 3.04. The fourth-order valence-corrected chi connectivity index (χ4v) is 4.63. The Morgan fingerprint density at radius 1 is 1.21 bits per heavy atom. The van der Waals surface area contributed by atoms with Crippen LogP contribution >= 0.6 is 11.3 Å². The molecule has 3 aliphatic rings. The average Bonchev–Trinajstić information content (AvgIpc) is 3.19. The van der Waals surface area contributed by atoms with Gasteiger partial charge in [0, 0.05) is 23.8 Å². The van der Waals surface area contributed by atoms with Crippen molar-refractivity contribution in [3.8, 4) is 10.6 Å². The number of halogens is 3. The number of amides is 2. The van der Waals surface area contributed by atoms with Gasteiger partial charge in [-0.15, -0.1) is 11.3 Å². The average molecular weight is 424 g/mol. The summed E-state index contributed by atoms with van der Waals surface area (Å²) < 4.78 is 37.3. The first-order chi connectivity index (χ1) is 13.8. The number of nitrogens with one attached hydrogen (secondary N) is 2. The highest BCUT2D eigenvalue weighted by atomic mass is 32.1. The predicted octanol–water partition coefficient (Wildman–Crippen LogP) is 3.13. The lowest BCUT2D eigenvalue weighted by atomic mass is 9.84. The molecule has 6 nitrogen and oxygen atoms in total. The number of hydrogen-bond acceptors (Lipinski definition) is 5. The van der Waals surface area contributed by atoms with Crippen molar-refractivity contribution in [1.82, 2.24) is 15.2 Å². The van der Waals surface area contributed by atoms with Gasteiger partial charge in [0.25, 0.3) is 5.91 Å². The summed E-state index contributed by atoms with van der Waals surface area (Å²) in [6.07, 6.45) is -1.31. The van der Waals surface area contributed by atoms with Crippen LogP contribution in [0.2, 0.25) is 0 Å². The molecule has 1 unspecified atom stereocenters. The van der Waals surface area contributed by atoms with Gasteiger partial charge in [0.1, 0.15) is 9.88 Å². The molecule has 29 heavy (non-hydrogen) atoms. The van der Waals surface area contributed by atoms with Crippen molar-refractivity contribution in [2.24, 2.45) is 5.92 Å². The summed E-state index contributed by atoms with van der Waals surface area (Å²) in [7, 11) is 0. The van der Waals surface area contributed by atoms with Crippen LogP contribution in [0, 0.1) is 5.92 Å². The van der Waals surface area contributed by atoms with Crippen molar-refractivity contribution < 1.29 is 22.8 Å². The topological polar surface area (TPSA) is 74.3 Å². The van der Waals surface area contributed by atoms with Gasteiger partial charge in [-0.25, -0.2) is 4.98 Å². The SMILES string of the molecule is O=C(NC1CN2CCC1CC2)c1cnc(-c2cccc(NC(=O)C(F)(F)F)c2)s1. The first-order valence-corrected chi connectivity index (χ1v) is 10.1. The van der Waals surface area contributed by atoms with E-state index >= 15 is 0 Å².